The number of aromatic nitrogens is 1. The minimum absolute atomic E-state index is 0.00517. The number of carbonyl (C=O) groups is 1. The van der Waals surface area contributed by atoms with E-state index in [0.717, 1.165) is 24.0 Å². The first-order valence-electron chi connectivity index (χ1n) is 6.35. The van der Waals surface area contributed by atoms with E-state index in [2.05, 4.69) is 4.98 Å². The highest BCUT2D eigenvalue weighted by Crippen LogP contribution is 2.32. The van der Waals surface area contributed by atoms with E-state index >= 15 is 0 Å². The van der Waals surface area contributed by atoms with Crippen molar-refractivity contribution in [3.05, 3.63) is 58.4 Å². The highest BCUT2D eigenvalue weighted by molar-refractivity contribution is 6.30. The molecule has 20 heavy (non-hydrogen) atoms. The zero-order valence-electron chi connectivity index (χ0n) is 10.7. The topological polar surface area (TPSA) is 65.2 Å². The van der Waals surface area contributed by atoms with Crippen LogP contribution in [0.5, 0.6) is 5.75 Å². The number of benzene rings is 1. The summed E-state index contributed by atoms with van der Waals surface area (Å²) < 4.78 is 5.32. The van der Waals surface area contributed by atoms with Crippen molar-refractivity contribution in [3.63, 3.8) is 0 Å². The number of esters is 1. The third-order valence-corrected chi connectivity index (χ3v) is 3.63. The van der Waals surface area contributed by atoms with Gasteiger partial charge in [0.15, 0.2) is 5.75 Å². The second kappa shape index (κ2) is 5.23. The van der Waals surface area contributed by atoms with E-state index in [0.29, 0.717) is 16.3 Å². The molecule has 102 valence electrons. The third-order valence-electron chi connectivity index (χ3n) is 3.43. The summed E-state index contributed by atoms with van der Waals surface area (Å²) in [6.07, 6.45) is 4.60. The van der Waals surface area contributed by atoms with Gasteiger partial charge < -0.3 is 10.5 Å². The van der Waals surface area contributed by atoms with Gasteiger partial charge in [-0.2, -0.15) is 0 Å². The maximum atomic E-state index is 12.3. The molecule has 0 bridgehead atoms. The molecule has 4 nitrogen and oxygen atoms in total. The van der Waals surface area contributed by atoms with Gasteiger partial charge in [-0.05, 0) is 30.0 Å². The van der Waals surface area contributed by atoms with Crippen molar-refractivity contribution >= 4 is 17.6 Å². The van der Waals surface area contributed by atoms with Crippen LogP contribution in [0.2, 0.25) is 5.02 Å². The van der Waals surface area contributed by atoms with Gasteiger partial charge in [-0.15, -0.1) is 0 Å². The smallest absolute Gasteiger partial charge is 0.343 e. The lowest BCUT2D eigenvalue weighted by Gasteiger charge is -2.09. The predicted octanol–water partition coefficient (Wildman–Crippen LogP) is 2.90. The molecule has 3 rings (SSSR count). The molecule has 1 atom stereocenters. The van der Waals surface area contributed by atoms with Crippen molar-refractivity contribution in [1.29, 1.82) is 0 Å². The number of hydrogen-bond donors (Lipinski definition) is 1. The van der Waals surface area contributed by atoms with E-state index in [9.17, 15) is 4.79 Å². The molecule has 5 heteroatoms. The van der Waals surface area contributed by atoms with Gasteiger partial charge in [-0.1, -0.05) is 23.7 Å². The molecule has 1 unspecified atom stereocenters. The first kappa shape index (κ1) is 13.1. The number of ether oxygens (including phenoxy) is 1. The second-order valence-corrected chi connectivity index (χ2v) is 5.18. The summed E-state index contributed by atoms with van der Waals surface area (Å²) in [5.74, 6) is -0.0672. The Balaban J connectivity index is 1.89. The minimum atomic E-state index is -0.403. The summed E-state index contributed by atoms with van der Waals surface area (Å²) in [4.78, 5) is 16.1. The number of nitrogens with zero attached hydrogens (tertiary/aromatic N) is 1. The van der Waals surface area contributed by atoms with Gasteiger partial charge >= 0.3 is 5.97 Å². The summed E-state index contributed by atoms with van der Waals surface area (Å²) in [7, 11) is 0. The van der Waals surface area contributed by atoms with Crippen LogP contribution in [0.4, 0.5) is 0 Å². The van der Waals surface area contributed by atoms with Crippen LogP contribution in [0.15, 0.2) is 36.7 Å². The van der Waals surface area contributed by atoms with Crippen LogP contribution in [0.25, 0.3) is 0 Å². The normalized spacial score (nSPS) is 16.8. The number of pyridine rings is 1. The monoisotopic (exact) mass is 288 g/mol. The minimum Gasteiger partial charge on any atom is -0.421 e. The number of halogens is 1. The van der Waals surface area contributed by atoms with Crippen LogP contribution < -0.4 is 10.5 Å². The molecule has 2 N–H and O–H groups in total. The molecule has 2 aromatic rings. The van der Waals surface area contributed by atoms with Gasteiger partial charge in [-0.3, -0.25) is 4.98 Å². The summed E-state index contributed by atoms with van der Waals surface area (Å²) >= 11 is 5.82. The Kier molecular flexibility index (Phi) is 3.42. The predicted molar refractivity (Wildman–Crippen MR) is 75.9 cm³/mol. The van der Waals surface area contributed by atoms with Crippen LogP contribution >= 0.6 is 11.6 Å². The van der Waals surface area contributed by atoms with E-state index in [1.807, 2.05) is 12.1 Å². The summed E-state index contributed by atoms with van der Waals surface area (Å²) in [5, 5.41) is 0.426. The molecule has 1 heterocycles. The Morgan fingerprint density at radius 2 is 2.25 bits per heavy atom. The van der Waals surface area contributed by atoms with Crippen molar-refractivity contribution in [3.8, 4) is 5.75 Å². The molecule has 0 saturated carbocycles. The fraction of sp³-hybridized carbons (Fsp3) is 0.200. The van der Waals surface area contributed by atoms with Crippen LogP contribution in [-0.4, -0.2) is 11.0 Å². The SMILES string of the molecule is NC1CCc2c(C(=O)Oc3cncc(Cl)c3)cccc21. The molecule has 1 aliphatic rings. The molecule has 1 aromatic heterocycles. The number of fused-ring (bicyclic) bond motifs is 1. The van der Waals surface area contributed by atoms with Crippen LogP contribution in [0.3, 0.4) is 0 Å². The van der Waals surface area contributed by atoms with Gasteiger partial charge in [0.05, 0.1) is 16.8 Å². The number of hydrogen-bond acceptors (Lipinski definition) is 4. The zero-order valence-corrected chi connectivity index (χ0v) is 11.4. The Bertz CT molecular complexity index is 673. The average molecular weight is 289 g/mol. The van der Waals surface area contributed by atoms with E-state index in [1.165, 1.54) is 12.4 Å². The largest absolute Gasteiger partial charge is 0.421 e. The van der Waals surface area contributed by atoms with Gasteiger partial charge in [0.2, 0.25) is 0 Å². The van der Waals surface area contributed by atoms with Crippen LogP contribution in [-0.2, 0) is 6.42 Å². The Morgan fingerprint density at radius 1 is 1.40 bits per heavy atom. The lowest BCUT2D eigenvalue weighted by Crippen LogP contribution is -2.12. The van der Waals surface area contributed by atoms with Gasteiger partial charge in [0, 0.05) is 18.3 Å². The first-order chi connectivity index (χ1) is 9.65. The summed E-state index contributed by atoms with van der Waals surface area (Å²) in [6.45, 7) is 0. The molecule has 0 radical (unpaired) electrons. The van der Waals surface area contributed by atoms with Gasteiger partial charge in [0.1, 0.15) is 0 Å². The summed E-state index contributed by atoms with van der Waals surface area (Å²) in [6, 6.07) is 7.12. The molecule has 0 amide bonds. The van der Waals surface area contributed by atoms with Crippen LogP contribution in [0, 0.1) is 0 Å². The maximum absolute atomic E-state index is 12.3. The second-order valence-electron chi connectivity index (χ2n) is 4.75. The molecule has 1 aliphatic carbocycles. The molecule has 1 aromatic carbocycles. The highest BCUT2D eigenvalue weighted by Gasteiger charge is 2.24. The Labute approximate surface area is 121 Å². The lowest BCUT2D eigenvalue weighted by molar-refractivity contribution is 0.0733. The number of nitrogens with two attached hydrogens (primary N) is 1. The van der Waals surface area contributed by atoms with Crippen molar-refractivity contribution in [2.45, 2.75) is 18.9 Å². The van der Waals surface area contributed by atoms with Crippen molar-refractivity contribution < 1.29 is 9.53 Å². The molecule has 0 fully saturated rings. The molecule has 0 aliphatic heterocycles. The maximum Gasteiger partial charge on any atom is 0.343 e. The molecule has 0 spiro atoms. The van der Waals surface area contributed by atoms with E-state index in [4.69, 9.17) is 22.1 Å². The first-order valence-corrected chi connectivity index (χ1v) is 6.73. The Morgan fingerprint density at radius 3 is 3.05 bits per heavy atom. The molecule has 0 saturated heterocycles. The fourth-order valence-electron chi connectivity index (χ4n) is 2.49. The number of rotatable bonds is 2. The zero-order chi connectivity index (χ0) is 14.1. The Hall–Kier alpha value is -1.91. The van der Waals surface area contributed by atoms with Crippen molar-refractivity contribution in [2.24, 2.45) is 5.73 Å². The lowest BCUT2D eigenvalue weighted by atomic mass is 10.0. The standard InChI is InChI=1S/C15H13ClN2O2/c16-9-6-10(8-18-7-9)20-15(19)13-3-1-2-12-11(13)4-5-14(12)17/h1-3,6-8,14H,4-5,17H2. The fourth-order valence-corrected chi connectivity index (χ4v) is 2.65. The van der Waals surface area contributed by atoms with Crippen molar-refractivity contribution in [2.75, 3.05) is 0 Å². The summed E-state index contributed by atoms with van der Waals surface area (Å²) in [5.41, 5.74) is 8.59. The molecular formula is C15H13ClN2O2. The van der Waals surface area contributed by atoms with E-state index < -0.39 is 5.97 Å². The molecular weight excluding hydrogens is 276 g/mol. The highest BCUT2D eigenvalue weighted by atomic mass is 35.5. The third kappa shape index (κ3) is 2.40. The van der Waals surface area contributed by atoms with E-state index in [1.54, 1.807) is 12.1 Å². The van der Waals surface area contributed by atoms with E-state index in [-0.39, 0.29) is 6.04 Å². The van der Waals surface area contributed by atoms with Gasteiger partial charge in [-0.25, -0.2) is 4.79 Å². The number of carbonyl (C=O) groups excluding carboxylic acids is 1. The van der Waals surface area contributed by atoms with Crippen LogP contribution in [0.1, 0.15) is 33.9 Å². The van der Waals surface area contributed by atoms with Gasteiger partial charge in [0.25, 0.3) is 0 Å². The average Bonchev–Trinajstić information content (AvgIpc) is 2.81. The quantitative estimate of drug-likeness (QED) is 0.863. The van der Waals surface area contributed by atoms with Crippen molar-refractivity contribution in [1.82, 2.24) is 4.98 Å².